The lowest BCUT2D eigenvalue weighted by Gasteiger charge is -2.12. The Labute approximate surface area is 107 Å². The Morgan fingerprint density at radius 1 is 1.06 bits per heavy atom. The van der Waals surface area contributed by atoms with Crippen molar-refractivity contribution in [2.24, 2.45) is 0 Å². The van der Waals surface area contributed by atoms with E-state index in [1.807, 2.05) is 36.4 Å². The molecular weight excluding hydrogens is 225 g/mol. The molecule has 0 unspecified atom stereocenters. The summed E-state index contributed by atoms with van der Waals surface area (Å²) in [5.41, 5.74) is 2.63. The molecule has 2 aromatic rings. The second-order valence-electron chi connectivity index (χ2n) is 4.11. The number of benzene rings is 2. The minimum Gasteiger partial charge on any atom is -0.378 e. The van der Waals surface area contributed by atoms with Crippen molar-refractivity contribution < 1.29 is 4.39 Å². The minimum atomic E-state index is -0.217. The third kappa shape index (κ3) is 2.98. The molecule has 0 bridgehead atoms. The van der Waals surface area contributed by atoms with E-state index in [1.54, 1.807) is 12.1 Å². The predicted octanol–water partition coefficient (Wildman–Crippen LogP) is 4.17. The Hall–Kier alpha value is -2.09. The first-order chi connectivity index (χ1) is 8.81. The number of rotatable bonds is 5. The third-order valence-electron chi connectivity index (χ3n) is 2.78. The van der Waals surface area contributed by atoms with Crippen LogP contribution in [-0.4, -0.2) is 0 Å². The van der Waals surface area contributed by atoms with Crippen molar-refractivity contribution >= 4 is 5.69 Å². The van der Waals surface area contributed by atoms with Crippen LogP contribution in [0.4, 0.5) is 10.1 Å². The summed E-state index contributed by atoms with van der Waals surface area (Å²) in [6.07, 6.45) is 2.44. The van der Waals surface area contributed by atoms with Gasteiger partial charge in [0.2, 0.25) is 0 Å². The first kappa shape index (κ1) is 12.4. The van der Waals surface area contributed by atoms with E-state index in [4.69, 9.17) is 0 Å². The van der Waals surface area contributed by atoms with Crippen LogP contribution in [0.1, 0.15) is 11.1 Å². The van der Waals surface area contributed by atoms with E-state index in [1.165, 1.54) is 6.07 Å². The van der Waals surface area contributed by atoms with Crippen LogP contribution >= 0.6 is 0 Å². The van der Waals surface area contributed by atoms with Gasteiger partial charge in [0.1, 0.15) is 5.82 Å². The van der Waals surface area contributed by atoms with Crippen molar-refractivity contribution in [1.82, 2.24) is 0 Å². The van der Waals surface area contributed by atoms with Crippen molar-refractivity contribution in [3.63, 3.8) is 0 Å². The van der Waals surface area contributed by atoms with Gasteiger partial charge in [-0.05, 0) is 23.6 Å². The zero-order chi connectivity index (χ0) is 12.8. The summed E-state index contributed by atoms with van der Waals surface area (Å²) >= 11 is 0. The van der Waals surface area contributed by atoms with Crippen LogP contribution in [0.2, 0.25) is 0 Å². The number of allylic oxidation sites excluding steroid dienone is 1. The summed E-state index contributed by atoms with van der Waals surface area (Å²) in [6, 6.07) is 15.1. The predicted molar refractivity (Wildman–Crippen MR) is 74.1 cm³/mol. The highest BCUT2D eigenvalue weighted by Gasteiger charge is 2.06. The van der Waals surface area contributed by atoms with Gasteiger partial charge in [-0.2, -0.15) is 0 Å². The maximum absolute atomic E-state index is 13.8. The largest absolute Gasteiger partial charge is 0.378 e. The second kappa shape index (κ2) is 6.01. The van der Waals surface area contributed by atoms with Crippen LogP contribution in [0.15, 0.2) is 61.2 Å². The van der Waals surface area contributed by atoms with E-state index in [2.05, 4.69) is 11.9 Å². The number of nitrogens with one attached hydrogen (secondary N) is 1. The van der Waals surface area contributed by atoms with Gasteiger partial charge in [-0.25, -0.2) is 4.39 Å². The Balaban J connectivity index is 2.15. The van der Waals surface area contributed by atoms with E-state index < -0.39 is 0 Å². The molecule has 0 amide bonds. The molecule has 0 heterocycles. The zero-order valence-corrected chi connectivity index (χ0v) is 10.2. The lowest BCUT2D eigenvalue weighted by molar-refractivity contribution is 0.628. The van der Waals surface area contributed by atoms with Gasteiger partial charge in [0.15, 0.2) is 0 Å². The molecule has 92 valence electrons. The van der Waals surface area contributed by atoms with Crippen LogP contribution in [0.5, 0.6) is 0 Å². The van der Waals surface area contributed by atoms with Gasteiger partial charge in [0.25, 0.3) is 0 Å². The van der Waals surface area contributed by atoms with Gasteiger partial charge in [-0.1, -0.05) is 48.5 Å². The molecule has 0 saturated carbocycles. The molecule has 0 aliphatic rings. The van der Waals surface area contributed by atoms with Gasteiger partial charge in [0, 0.05) is 6.54 Å². The summed E-state index contributed by atoms with van der Waals surface area (Å²) in [4.78, 5) is 0. The molecule has 18 heavy (non-hydrogen) atoms. The van der Waals surface area contributed by atoms with E-state index in [-0.39, 0.29) is 5.82 Å². The average molecular weight is 241 g/mol. The summed E-state index contributed by atoms with van der Waals surface area (Å²) < 4.78 is 13.8. The highest BCUT2D eigenvalue weighted by molar-refractivity contribution is 5.53. The Morgan fingerprint density at radius 2 is 1.83 bits per heavy atom. The fraction of sp³-hybridized carbons (Fsp3) is 0.125. The summed E-state index contributed by atoms with van der Waals surface area (Å²) in [6.45, 7) is 4.31. The molecule has 0 aromatic heterocycles. The molecule has 0 aliphatic heterocycles. The third-order valence-corrected chi connectivity index (χ3v) is 2.78. The van der Waals surface area contributed by atoms with Gasteiger partial charge in [-0.15, -0.1) is 6.58 Å². The summed E-state index contributed by atoms with van der Waals surface area (Å²) in [7, 11) is 0. The molecular formula is C16H16FN. The Bertz CT molecular complexity index is 520. The lowest BCUT2D eigenvalue weighted by atomic mass is 10.1. The number of anilines is 1. The molecule has 0 radical (unpaired) electrons. The van der Waals surface area contributed by atoms with Crippen molar-refractivity contribution in [3.05, 3.63) is 78.1 Å². The normalized spacial score (nSPS) is 10.1. The molecule has 1 nitrogen and oxygen atoms in total. The molecule has 2 heteroatoms. The maximum Gasteiger partial charge on any atom is 0.146 e. The standard InChI is InChI=1S/C16H16FN/c1-2-7-14-10-6-11-15(17)16(14)18-12-13-8-4-3-5-9-13/h2-6,8-11,18H,1,7,12H2. The summed E-state index contributed by atoms with van der Waals surface area (Å²) in [5, 5.41) is 3.16. The molecule has 1 N–H and O–H groups in total. The number of halogens is 1. The van der Waals surface area contributed by atoms with Gasteiger partial charge >= 0.3 is 0 Å². The van der Waals surface area contributed by atoms with Crippen molar-refractivity contribution in [2.75, 3.05) is 5.32 Å². The molecule has 0 atom stereocenters. The van der Waals surface area contributed by atoms with E-state index in [0.717, 1.165) is 11.1 Å². The number of para-hydroxylation sites is 1. The second-order valence-corrected chi connectivity index (χ2v) is 4.11. The maximum atomic E-state index is 13.8. The van der Waals surface area contributed by atoms with Gasteiger partial charge < -0.3 is 5.32 Å². The molecule has 2 aromatic carbocycles. The van der Waals surface area contributed by atoms with Crippen LogP contribution in [0.25, 0.3) is 0 Å². The van der Waals surface area contributed by atoms with Crippen LogP contribution in [0.3, 0.4) is 0 Å². The molecule has 0 spiro atoms. The molecule has 0 aliphatic carbocycles. The van der Waals surface area contributed by atoms with Crippen LogP contribution < -0.4 is 5.32 Å². The van der Waals surface area contributed by atoms with Crippen molar-refractivity contribution in [1.29, 1.82) is 0 Å². The fourth-order valence-corrected chi connectivity index (χ4v) is 1.88. The van der Waals surface area contributed by atoms with Crippen LogP contribution in [-0.2, 0) is 13.0 Å². The highest BCUT2D eigenvalue weighted by Crippen LogP contribution is 2.21. The highest BCUT2D eigenvalue weighted by atomic mass is 19.1. The molecule has 2 rings (SSSR count). The molecule has 0 saturated heterocycles. The molecule has 0 fully saturated rings. The minimum absolute atomic E-state index is 0.217. The van der Waals surface area contributed by atoms with Gasteiger partial charge in [0.05, 0.1) is 5.69 Å². The van der Waals surface area contributed by atoms with E-state index in [9.17, 15) is 4.39 Å². The quantitative estimate of drug-likeness (QED) is 0.775. The lowest BCUT2D eigenvalue weighted by Crippen LogP contribution is -2.04. The summed E-state index contributed by atoms with van der Waals surface area (Å²) in [5.74, 6) is -0.217. The monoisotopic (exact) mass is 241 g/mol. The van der Waals surface area contributed by atoms with E-state index >= 15 is 0 Å². The van der Waals surface area contributed by atoms with Crippen molar-refractivity contribution in [3.8, 4) is 0 Å². The van der Waals surface area contributed by atoms with Crippen molar-refractivity contribution in [2.45, 2.75) is 13.0 Å². The smallest absolute Gasteiger partial charge is 0.146 e. The average Bonchev–Trinajstić information content (AvgIpc) is 2.40. The number of hydrogen-bond acceptors (Lipinski definition) is 1. The number of hydrogen-bond donors (Lipinski definition) is 1. The Kier molecular flexibility index (Phi) is 4.13. The topological polar surface area (TPSA) is 12.0 Å². The SMILES string of the molecule is C=CCc1cccc(F)c1NCc1ccccc1. The fourth-order valence-electron chi connectivity index (χ4n) is 1.88. The van der Waals surface area contributed by atoms with Gasteiger partial charge in [-0.3, -0.25) is 0 Å². The van der Waals surface area contributed by atoms with Crippen LogP contribution in [0, 0.1) is 5.82 Å². The Morgan fingerprint density at radius 3 is 2.56 bits per heavy atom. The van der Waals surface area contributed by atoms with E-state index in [0.29, 0.717) is 18.7 Å². The first-order valence-electron chi connectivity index (χ1n) is 5.97. The zero-order valence-electron chi connectivity index (χ0n) is 10.2. The first-order valence-corrected chi connectivity index (χ1v) is 5.97.